The number of benzene rings is 4. The number of rotatable bonds is 8. The molecule has 0 radical (unpaired) electrons. The zero-order valence-corrected chi connectivity index (χ0v) is 21.4. The Balaban J connectivity index is 1.75. The van der Waals surface area contributed by atoms with Crippen LogP contribution in [0.4, 0.5) is 0 Å². The molecular formula is C24H24P4Pd. The van der Waals surface area contributed by atoms with Crippen molar-refractivity contribution in [2.24, 2.45) is 0 Å². The monoisotopic (exact) mass is 542 g/mol. The van der Waals surface area contributed by atoms with Gasteiger partial charge in [0.2, 0.25) is 0 Å². The Kier molecular flexibility index (Phi) is 8.18. The Hall–Kier alpha value is -0.738. The van der Waals surface area contributed by atoms with Crippen molar-refractivity contribution >= 4 is 48.3 Å². The minimum absolute atomic E-state index is 0.930. The first-order valence-electron chi connectivity index (χ1n) is 9.28. The Labute approximate surface area is 182 Å². The average molecular weight is 543 g/mol. The van der Waals surface area contributed by atoms with E-state index in [1.807, 2.05) is 0 Å². The molecule has 4 aromatic carbocycles. The van der Waals surface area contributed by atoms with Crippen LogP contribution in [0.25, 0.3) is 0 Å². The third-order valence-electron chi connectivity index (χ3n) is 3.93. The van der Waals surface area contributed by atoms with Crippen molar-refractivity contribution in [1.82, 2.24) is 0 Å². The summed E-state index contributed by atoms with van der Waals surface area (Å²) in [6.45, 7) is 3.72. The maximum absolute atomic E-state index is 2.34. The second kappa shape index (κ2) is 11.0. The average Bonchev–Trinajstić information content (AvgIpc) is 2.76. The predicted molar refractivity (Wildman–Crippen MR) is 138 cm³/mol. The van der Waals surface area contributed by atoms with Gasteiger partial charge in [-0.05, 0) is 0 Å². The van der Waals surface area contributed by atoms with E-state index in [9.17, 15) is 0 Å². The van der Waals surface area contributed by atoms with Crippen molar-refractivity contribution in [2.45, 2.75) is 0 Å². The first kappa shape index (κ1) is 21.5. The summed E-state index contributed by atoms with van der Waals surface area (Å²) >= 11 is -1.80. The third-order valence-corrected chi connectivity index (χ3v) is 36.2. The van der Waals surface area contributed by atoms with Crippen LogP contribution in [0.2, 0.25) is 0 Å². The van der Waals surface area contributed by atoms with Gasteiger partial charge in [-0.2, -0.15) is 0 Å². The van der Waals surface area contributed by atoms with Crippen molar-refractivity contribution in [2.75, 3.05) is 0 Å². The van der Waals surface area contributed by atoms with Gasteiger partial charge in [0.05, 0.1) is 0 Å². The van der Waals surface area contributed by atoms with Gasteiger partial charge in [0.25, 0.3) is 0 Å². The molecule has 0 fully saturated rings. The zero-order valence-electron chi connectivity index (χ0n) is 15.9. The van der Waals surface area contributed by atoms with Crippen LogP contribution in [0, 0.1) is 0 Å². The predicted octanol–water partition coefficient (Wildman–Crippen LogP) is 5.82. The second-order valence-electron chi connectivity index (χ2n) is 6.25. The molecule has 0 spiro atoms. The van der Waals surface area contributed by atoms with Crippen LogP contribution in [-0.2, 0) is 13.6 Å². The summed E-state index contributed by atoms with van der Waals surface area (Å²) in [7, 11) is 0. The molecule has 29 heavy (non-hydrogen) atoms. The van der Waals surface area contributed by atoms with Crippen molar-refractivity contribution in [3.8, 4) is 0 Å². The molecule has 0 bridgehead atoms. The van der Waals surface area contributed by atoms with Crippen LogP contribution in [0.3, 0.4) is 0 Å². The van der Waals surface area contributed by atoms with Crippen molar-refractivity contribution in [3.63, 3.8) is 0 Å². The molecular weight excluding hydrogens is 519 g/mol. The molecule has 0 aliphatic rings. The molecule has 0 aromatic heterocycles. The Morgan fingerprint density at radius 3 is 0.724 bits per heavy atom. The maximum atomic E-state index is 2.34. The van der Waals surface area contributed by atoms with Crippen molar-refractivity contribution < 1.29 is 13.6 Å². The van der Waals surface area contributed by atoms with Gasteiger partial charge >= 0.3 is 183 Å². The fourth-order valence-corrected chi connectivity index (χ4v) is 41.7. The van der Waals surface area contributed by atoms with Gasteiger partial charge in [-0.25, -0.2) is 0 Å². The summed E-state index contributed by atoms with van der Waals surface area (Å²) in [5.41, 5.74) is 0. The van der Waals surface area contributed by atoms with E-state index in [0.717, 1.165) is 27.1 Å². The van der Waals surface area contributed by atoms with E-state index in [-0.39, 0.29) is 0 Å². The Morgan fingerprint density at radius 2 is 0.517 bits per heavy atom. The topological polar surface area (TPSA) is 0 Å². The molecule has 0 saturated carbocycles. The first-order chi connectivity index (χ1) is 14.3. The van der Waals surface area contributed by atoms with Crippen LogP contribution in [0.5, 0.6) is 0 Å². The van der Waals surface area contributed by atoms with Gasteiger partial charge in [-0.15, -0.1) is 0 Å². The summed E-state index contributed by atoms with van der Waals surface area (Å²) < 4.78 is 0. The van der Waals surface area contributed by atoms with Gasteiger partial charge in [0.1, 0.15) is 0 Å². The normalized spacial score (nSPS) is 15.7. The SMILES string of the molecule is c1ccc([PH][Pd]([PH]c2ccccc2)([PH]c2ccccc2)[PH]c2ccccc2)cc1. The molecule has 150 valence electrons. The molecule has 0 saturated heterocycles. The van der Waals surface area contributed by atoms with E-state index in [1.165, 1.54) is 21.2 Å². The van der Waals surface area contributed by atoms with E-state index < -0.39 is 13.6 Å². The summed E-state index contributed by atoms with van der Waals surface area (Å²) in [4.78, 5) is 0. The minimum atomic E-state index is -1.80. The Morgan fingerprint density at radius 1 is 0.310 bits per heavy atom. The van der Waals surface area contributed by atoms with Crippen LogP contribution < -0.4 is 21.2 Å². The van der Waals surface area contributed by atoms with E-state index in [0.29, 0.717) is 0 Å². The molecule has 0 nitrogen and oxygen atoms in total. The summed E-state index contributed by atoms with van der Waals surface area (Å²) in [6.07, 6.45) is 0. The van der Waals surface area contributed by atoms with Crippen LogP contribution in [0.15, 0.2) is 121 Å². The van der Waals surface area contributed by atoms with Gasteiger partial charge in [0, 0.05) is 0 Å². The molecule has 5 heteroatoms. The van der Waals surface area contributed by atoms with Gasteiger partial charge < -0.3 is 0 Å². The van der Waals surface area contributed by atoms with E-state index in [4.69, 9.17) is 0 Å². The van der Waals surface area contributed by atoms with Gasteiger partial charge in [0.15, 0.2) is 0 Å². The van der Waals surface area contributed by atoms with Crippen molar-refractivity contribution in [3.05, 3.63) is 121 Å². The standard InChI is InChI=1S/4C6H6P.Pd/c4*7-6-4-2-1-3-5-6;/h4*1-5,7H;/q4*-1;+4. The second-order valence-corrected chi connectivity index (χ2v) is 38.6. The molecule has 4 atom stereocenters. The van der Waals surface area contributed by atoms with Gasteiger partial charge in [-0.3, -0.25) is 0 Å². The third kappa shape index (κ3) is 6.62. The molecule has 0 amide bonds. The molecule has 0 heterocycles. The van der Waals surface area contributed by atoms with E-state index in [2.05, 4.69) is 121 Å². The molecule has 0 aliphatic heterocycles. The molecule has 0 aliphatic carbocycles. The summed E-state index contributed by atoms with van der Waals surface area (Å²) in [5.74, 6) is 0. The first-order valence-corrected chi connectivity index (χ1v) is 21.9. The summed E-state index contributed by atoms with van der Waals surface area (Å²) in [5, 5.41) is 6.11. The quantitative estimate of drug-likeness (QED) is 0.195. The van der Waals surface area contributed by atoms with Crippen molar-refractivity contribution in [1.29, 1.82) is 0 Å². The molecule has 0 N–H and O–H groups in total. The van der Waals surface area contributed by atoms with Gasteiger partial charge in [-0.1, -0.05) is 0 Å². The summed E-state index contributed by atoms with van der Waals surface area (Å²) in [6, 6.07) is 44.8. The van der Waals surface area contributed by atoms with Crippen LogP contribution in [0.1, 0.15) is 0 Å². The molecule has 4 aromatic rings. The van der Waals surface area contributed by atoms with Crippen LogP contribution >= 0.6 is 27.1 Å². The van der Waals surface area contributed by atoms with E-state index >= 15 is 0 Å². The fourth-order valence-electron chi connectivity index (χ4n) is 2.63. The molecule has 4 rings (SSSR count). The van der Waals surface area contributed by atoms with Crippen LogP contribution in [-0.4, -0.2) is 0 Å². The number of hydrogen-bond donors (Lipinski definition) is 0. The number of hydrogen-bond acceptors (Lipinski definition) is 0. The Bertz CT molecular complexity index is 824. The zero-order chi connectivity index (χ0) is 19.8. The van der Waals surface area contributed by atoms with E-state index in [1.54, 1.807) is 0 Å². The fraction of sp³-hybridized carbons (Fsp3) is 0. The molecule has 4 unspecified atom stereocenters.